The minimum absolute atomic E-state index is 0. The maximum absolute atomic E-state index is 2.58. The minimum Gasteiger partial charge on any atom is -0.147 e. The summed E-state index contributed by atoms with van der Waals surface area (Å²) in [6, 6.07) is 0. The molecule has 0 aromatic heterocycles. The molecule has 2 radical (unpaired) electrons. The molecule has 7 heteroatoms. The lowest BCUT2D eigenvalue weighted by Gasteiger charge is -1.47. The van der Waals surface area contributed by atoms with Gasteiger partial charge in [-0.15, -0.1) is 67.3 Å². The summed E-state index contributed by atoms with van der Waals surface area (Å²) in [4.78, 5) is 0. The SMILES string of the molecule is C[CH2][Al].Cl.Cl.Cl.Cl.Cl.[AlH3]. The Bertz CT molecular complexity index is 12.9. The average Bonchev–Trinajstić information content (AvgIpc) is 0.918. The highest BCUT2D eigenvalue weighted by molar-refractivity contribution is 6.08. The normalized spacial score (nSPS) is 1.89. The summed E-state index contributed by atoms with van der Waals surface area (Å²) in [5.41, 5.74) is 0. The van der Waals surface area contributed by atoms with Gasteiger partial charge >= 0.3 is 0 Å². The standard InChI is InChI=1S/C2H5.2Al.5ClH.3H/c1-2;;;;;;;;;;/h1H2,2H3;;;5*1H;;;. The summed E-state index contributed by atoms with van der Waals surface area (Å²) in [5, 5.41) is 1.17. The molecular formula is C2H13Al2Cl5. The van der Waals surface area contributed by atoms with Crippen LogP contribution in [0.3, 0.4) is 0 Å². The third-order valence-corrected chi connectivity index (χ3v) is 0. The number of hydrogen-bond donors (Lipinski definition) is 0. The van der Waals surface area contributed by atoms with Crippen LogP contribution in [0.25, 0.3) is 0 Å². The molecule has 0 unspecified atom stereocenters. The largest absolute Gasteiger partial charge is 0.187 e. The first kappa shape index (κ1) is 62.5. The van der Waals surface area contributed by atoms with E-state index in [9.17, 15) is 0 Å². The molecule has 62 valence electrons. The summed E-state index contributed by atoms with van der Waals surface area (Å²) in [6.45, 7) is 2.09. The molecule has 0 saturated carbocycles. The van der Waals surface area contributed by atoms with Crippen molar-refractivity contribution >= 4 is 95.7 Å². The monoisotopic (exact) mass is 266 g/mol. The molecule has 0 aromatic carbocycles. The fourth-order valence-corrected chi connectivity index (χ4v) is 0. The van der Waals surface area contributed by atoms with Crippen LogP contribution in [-0.4, -0.2) is 33.7 Å². The second kappa shape index (κ2) is 77.1. The van der Waals surface area contributed by atoms with Gasteiger partial charge in [0.15, 0.2) is 17.4 Å². The summed E-state index contributed by atoms with van der Waals surface area (Å²) >= 11 is 2.58. The lowest BCUT2D eigenvalue weighted by atomic mass is 11.0. The van der Waals surface area contributed by atoms with Gasteiger partial charge in [-0.3, -0.25) is 0 Å². The van der Waals surface area contributed by atoms with Crippen LogP contribution in [0.1, 0.15) is 6.92 Å². The molecule has 0 aliphatic heterocycles. The highest BCUT2D eigenvalue weighted by atomic mass is 35.5. The predicted octanol–water partition coefficient (Wildman–Crippen LogP) is 1.52. The second-order valence-corrected chi connectivity index (χ2v) is 1.22. The third-order valence-electron chi connectivity index (χ3n) is 0. The zero-order valence-corrected chi connectivity index (χ0v) is 9.56. The molecule has 0 heterocycles. The first-order valence-electron chi connectivity index (χ1n) is 1.12. The molecule has 0 nitrogen and oxygen atoms in total. The van der Waals surface area contributed by atoms with Crippen molar-refractivity contribution < 1.29 is 0 Å². The van der Waals surface area contributed by atoms with Gasteiger partial charge in [-0.2, -0.15) is 0 Å². The Kier molecular flexibility index (Phi) is 535. The van der Waals surface area contributed by atoms with Crippen molar-refractivity contribution in [3.05, 3.63) is 0 Å². The van der Waals surface area contributed by atoms with Gasteiger partial charge in [-0.1, -0.05) is 6.92 Å². The molecule has 0 N–H and O–H groups in total. The molecule has 0 fully saturated rings. The Hall–Kier alpha value is 2.51. The van der Waals surface area contributed by atoms with Crippen LogP contribution in [0.4, 0.5) is 0 Å². The Labute approximate surface area is 107 Å². The first-order valence-corrected chi connectivity index (χ1v) is 1.93. The van der Waals surface area contributed by atoms with E-state index < -0.39 is 0 Å². The summed E-state index contributed by atoms with van der Waals surface area (Å²) in [6.07, 6.45) is 0. The highest BCUT2D eigenvalue weighted by Crippen LogP contribution is 1.49. The Balaban J connectivity index is -0.00000000133. The van der Waals surface area contributed by atoms with Crippen LogP contribution in [0, 0.1) is 0 Å². The van der Waals surface area contributed by atoms with Crippen molar-refractivity contribution in [2.24, 2.45) is 0 Å². The predicted molar refractivity (Wildman–Crippen MR) is 62.4 cm³/mol. The van der Waals surface area contributed by atoms with Crippen molar-refractivity contribution in [2.45, 2.75) is 12.2 Å². The van der Waals surface area contributed by atoms with Gasteiger partial charge in [0.1, 0.15) is 16.3 Å². The molecule has 0 rings (SSSR count). The minimum atomic E-state index is 0. The van der Waals surface area contributed by atoms with E-state index in [-0.39, 0.29) is 79.4 Å². The van der Waals surface area contributed by atoms with Crippen LogP contribution in [0.5, 0.6) is 0 Å². The van der Waals surface area contributed by atoms with Gasteiger partial charge in [-0.25, -0.2) is 0 Å². The summed E-state index contributed by atoms with van der Waals surface area (Å²) in [7, 11) is 0. The van der Waals surface area contributed by atoms with E-state index in [1.54, 1.807) is 0 Å². The quantitative estimate of drug-likeness (QED) is 0.584. The Morgan fingerprint density at radius 3 is 0.889 bits per heavy atom. The molecule has 0 atom stereocenters. The summed E-state index contributed by atoms with van der Waals surface area (Å²) in [5.74, 6) is 0. The molecule has 0 aromatic rings. The number of rotatable bonds is 0. The molecule has 0 aliphatic carbocycles. The Morgan fingerprint density at radius 1 is 0.889 bits per heavy atom. The van der Waals surface area contributed by atoms with E-state index in [1.165, 1.54) is 5.28 Å². The topological polar surface area (TPSA) is 0 Å². The van der Waals surface area contributed by atoms with Gasteiger partial charge in [-0.05, 0) is 0 Å². The van der Waals surface area contributed by atoms with E-state index in [4.69, 9.17) is 0 Å². The molecule has 0 spiro atoms. The van der Waals surface area contributed by atoms with Gasteiger partial charge in [0.25, 0.3) is 0 Å². The van der Waals surface area contributed by atoms with Crippen molar-refractivity contribution in [1.82, 2.24) is 0 Å². The van der Waals surface area contributed by atoms with Gasteiger partial charge in [0.2, 0.25) is 0 Å². The highest BCUT2D eigenvalue weighted by Gasteiger charge is 1.37. The van der Waals surface area contributed by atoms with Crippen molar-refractivity contribution in [1.29, 1.82) is 0 Å². The fraction of sp³-hybridized carbons (Fsp3) is 1.00. The summed E-state index contributed by atoms with van der Waals surface area (Å²) < 4.78 is 0. The zero-order chi connectivity index (χ0) is 2.71. The van der Waals surface area contributed by atoms with Gasteiger partial charge < -0.3 is 0 Å². The van der Waals surface area contributed by atoms with E-state index >= 15 is 0 Å². The second-order valence-electron chi connectivity index (χ2n) is 0.408. The average molecular weight is 268 g/mol. The fourth-order valence-electron chi connectivity index (χ4n) is 0. The van der Waals surface area contributed by atoms with Gasteiger partial charge in [0.05, 0.1) is 0 Å². The van der Waals surface area contributed by atoms with Crippen LogP contribution >= 0.6 is 62.0 Å². The van der Waals surface area contributed by atoms with E-state index in [0.29, 0.717) is 0 Å². The zero-order valence-electron chi connectivity index (χ0n) is 4.33. The molecule has 0 amide bonds. The lowest BCUT2D eigenvalue weighted by molar-refractivity contribution is 1.48. The maximum Gasteiger partial charge on any atom is 0.187 e. The molecular weight excluding hydrogens is 255 g/mol. The molecule has 0 bridgehead atoms. The molecule has 9 heavy (non-hydrogen) atoms. The lowest BCUT2D eigenvalue weighted by Crippen LogP contribution is -1.41. The Morgan fingerprint density at radius 2 is 0.889 bits per heavy atom. The first-order chi connectivity index (χ1) is 1.41. The number of halogens is 5. The van der Waals surface area contributed by atoms with Crippen LogP contribution in [0.2, 0.25) is 5.28 Å². The van der Waals surface area contributed by atoms with Crippen LogP contribution in [-0.2, 0) is 0 Å². The molecule has 0 aliphatic rings. The van der Waals surface area contributed by atoms with Crippen molar-refractivity contribution in [2.75, 3.05) is 0 Å². The third kappa shape index (κ3) is 121. The van der Waals surface area contributed by atoms with Gasteiger partial charge in [0, 0.05) is 0 Å². The van der Waals surface area contributed by atoms with Crippen molar-refractivity contribution in [3.63, 3.8) is 0 Å². The molecule has 0 saturated heterocycles. The number of hydrogen-bond acceptors (Lipinski definition) is 0. The van der Waals surface area contributed by atoms with E-state index in [1.807, 2.05) is 0 Å². The van der Waals surface area contributed by atoms with Crippen molar-refractivity contribution in [3.8, 4) is 0 Å². The van der Waals surface area contributed by atoms with Crippen LogP contribution in [0.15, 0.2) is 0 Å². The van der Waals surface area contributed by atoms with E-state index in [0.717, 1.165) is 0 Å². The van der Waals surface area contributed by atoms with E-state index in [2.05, 4.69) is 23.2 Å². The maximum atomic E-state index is 2.58. The van der Waals surface area contributed by atoms with Crippen LogP contribution < -0.4 is 0 Å². The smallest absolute Gasteiger partial charge is 0.147 e.